The van der Waals surface area contributed by atoms with Crippen LogP contribution in [0.2, 0.25) is 0 Å². The third-order valence-corrected chi connectivity index (χ3v) is 6.86. The fourth-order valence-corrected chi connectivity index (χ4v) is 4.99. The summed E-state index contributed by atoms with van der Waals surface area (Å²) in [5.74, 6) is 1.24. The molecule has 0 bridgehead atoms. The Bertz CT molecular complexity index is 1300. The zero-order chi connectivity index (χ0) is 24.3. The summed E-state index contributed by atoms with van der Waals surface area (Å²) >= 11 is 0. The van der Waals surface area contributed by atoms with Crippen LogP contribution in [0.1, 0.15) is 28.9 Å². The monoisotopic (exact) mass is 468 g/mol. The first-order valence-electron chi connectivity index (χ1n) is 12.0. The zero-order valence-corrected chi connectivity index (χ0v) is 20.0. The van der Waals surface area contributed by atoms with Crippen LogP contribution in [0.25, 0.3) is 22.4 Å². The second-order valence-electron chi connectivity index (χ2n) is 9.01. The summed E-state index contributed by atoms with van der Waals surface area (Å²) in [5, 5.41) is 4.00. The maximum absolute atomic E-state index is 13.5. The van der Waals surface area contributed by atoms with Gasteiger partial charge >= 0.3 is 0 Å². The molecule has 1 saturated heterocycles. The average Bonchev–Trinajstić information content (AvgIpc) is 3.35. The van der Waals surface area contributed by atoms with Crippen LogP contribution in [-0.2, 0) is 10.2 Å². The standard InChI is InChI=1S/C28H30N5O2/c1-3-29-25-22-18-23(30-26(22)32-24(31-25)20-10-6-4-7-11-20)27(34)33-16-14-28(15-17-33,19-35-2)21-12-8-5-9-13-21/h4-13,18H,1,3,14-17,19H2,2H3,(H2,29,30,31,32). The van der Waals surface area contributed by atoms with Gasteiger partial charge in [0.25, 0.3) is 5.91 Å². The molecule has 0 unspecified atom stereocenters. The Balaban J connectivity index is 1.41. The van der Waals surface area contributed by atoms with Gasteiger partial charge in [0.1, 0.15) is 17.2 Å². The summed E-state index contributed by atoms with van der Waals surface area (Å²) in [5.41, 5.74) is 3.26. The lowest BCUT2D eigenvalue weighted by Crippen LogP contribution is -2.47. The highest BCUT2D eigenvalue weighted by Gasteiger charge is 2.38. The summed E-state index contributed by atoms with van der Waals surface area (Å²) in [6, 6.07) is 22.1. The quantitative estimate of drug-likeness (QED) is 0.411. The molecular weight excluding hydrogens is 438 g/mol. The van der Waals surface area contributed by atoms with Crippen molar-refractivity contribution in [3.05, 3.63) is 84.9 Å². The summed E-state index contributed by atoms with van der Waals surface area (Å²) in [4.78, 5) is 28.1. The Morgan fingerprint density at radius 1 is 1.09 bits per heavy atom. The number of fused-ring (bicyclic) bond motifs is 1. The van der Waals surface area contributed by atoms with Crippen LogP contribution in [0.15, 0.2) is 66.7 Å². The van der Waals surface area contributed by atoms with Gasteiger partial charge in [-0.05, 0) is 31.4 Å². The van der Waals surface area contributed by atoms with E-state index >= 15 is 0 Å². The van der Waals surface area contributed by atoms with Gasteiger partial charge in [-0.2, -0.15) is 0 Å². The van der Waals surface area contributed by atoms with E-state index in [4.69, 9.17) is 14.7 Å². The second kappa shape index (κ2) is 9.88. The predicted octanol–water partition coefficient (Wildman–Crippen LogP) is 4.69. The van der Waals surface area contributed by atoms with Gasteiger partial charge in [0.05, 0.1) is 12.0 Å². The van der Waals surface area contributed by atoms with Crippen LogP contribution in [0.4, 0.5) is 5.82 Å². The normalized spacial score (nSPS) is 15.3. The van der Waals surface area contributed by atoms with Crippen molar-refractivity contribution in [3.63, 3.8) is 0 Å². The van der Waals surface area contributed by atoms with E-state index in [1.54, 1.807) is 7.11 Å². The molecule has 4 aromatic rings. The molecule has 5 rings (SSSR count). The van der Waals surface area contributed by atoms with Crippen LogP contribution in [0, 0.1) is 6.92 Å². The molecule has 2 aromatic carbocycles. The number of nitrogens with one attached hydrogen (secondary N) is 2. The summed E-state index contributed by atoms with van der Waals surface area (Å²) in [6.07, 6.45) is 1.70. The van der Waals surface area contributed by atoms with Crippen molar-refractivity contribution in [3.8, 4) is 11.4 Å². The number of H-pyrrole nitrogens is 1. The number of benzene rings is 2. The van der Waals surface area contributed by atoms with Crippen LogP contribution in [0.5, 0.6) is 0 Å². The first-order chi connectivity index (χ1) is 17.1. The lowest BCUT2D eigenvalue weighted by atomic mass is 9.73. The average molecular weight is 469 g/mol. The molecule has 2 N–H and O–H groups in total. The molecule has 0 atom stereocenters. The number of carbonyl (C=O) groups excluding carboxylic acids is 1. The number of hydrogen-bond donors (Lipinski definition) is 2. The molecule has 2 aromatic heterocycles. The van der Waals surface area contributed by atoms with Gasteiger partial charge in [0.15, 0.2) is 5.82 Å². The SMILES string of the molecule is [CH2]CNc1nc(-c2ccccc2)nc2[nH]c(C(=O)N3CCC(COC)(c4ccccc4)CC3)cc12. The number of amides is 1. The molecule has 7 heteroatoms. The minimum absolute atomic E-state index is 0.0242. The third kappa shape index (κ3) is 4.51. The summed E-state index contributed by atoms with van der Waals surface area (Å²) in [6.45, 7) is 6.34. The molecule has 1 aliphatic heterocycles. The predicted molar refractivity (Wildman–Crippen MR) is 138 cm³/mol. The van der Waals surface area contributed by atoms with Gasteiger partial charge in [0.2, 0.25) is 0 Å². The number of aromatic nitrogens is 3. The number of piperidine rings is 1. The van der Waals surface area contributed by atoms with E-state index in [9.17, 15) is 4.79 Å². The number of rotatable bonds is 7. The first kappa shape index (κ1) is 23.1. The van der Waals surface area contributed by atoms with Gasteiger partial charge in [-0.15, -0.1) is 0 Å². The summed E-state index contributed by atoms with van der Waals surface area (Å²) < 4.78 is 5.61. The molecule has 0 saturated carbocycles. The molecule has 7 nitrogen and oxygen atoms in total. The highest BCUT2D eigenvalue weighted by molar-refractivity contribution is 6.00. The van der Waals surface area contributed by atoms with E-state index in [2.05, 4.69) is 41.5 Å². The van der Waals surface area contributed by atoms with Gasteiger partial charge in [-0.3, -0.25) is 4.79 Å². The van der Waals surface area contributed by atoms with E-state index in [0.717, 1.165) is 23.8 Å². The Morgan fingerprint density at radius 2 is 1.77 bits per heavy atom. The fourth-order valence-electron chi connectivity index (χ4n) is 4.99. The third-order valence-electron chi connectivity index (χ3n) is 6.86. The maximum Gasteiger partial charge on any atom is 0.270 e. The smallest absolute Gasteiger partial charge is 0.270 e. The fraction of sp³-hybridized carbons (Fsp3) is 0.286. The molecular formula is C28H30N5O2. The minimum atomic E-state index is -0.0749. The number of anilines is 1. The zero-order valence-electron chi connectivity index (χ0n) is 20.0. The molecule has 3 heterocycles. The van der Waals surface area contributed by atoms with Crippen LogP contribution in [0.3, 0.4) is 0 Å². The van der Waals surface area contributed by atoms with Crippen molar-refractivity contribution in [2.75, 3.05) is 38.7 Å². The molecule has 35 heavy (non-hydrogen) atoms. The van der Waals surface area contributed by atoms with Crippen LogP contribution < -0.4 is 5.32 Å². The number of likely N-dealkylation sites (tertiary alicyclic amines) is 1. The van der Waals surface area contributed by atoms with Crippen molar-refractivity contribution in [2.45, 2.75) is 18.3 Å². The minimum Gasteiger partial charge on any atom is -0.384 e. The lowest BCUT2D eigenvalue weighted by Gasteiger charge is -2.41. The lowest BCUT2D eigenvalue weighted by molar-refractivity contribution is 0.0520. The Labute approximate surface area is 205 Å². The molecule has 1 amide bonds. The number of carbonyl (C=O) groups is 1. The van der Waals surface area contributed by atoms with Gasteiger partial charge < -0.3 is 19.9 Å². The molecule has 1 fully saturated rings. The molecule has 0 aliphatic carbocycles. The van der Waals surface area contributed by atoms with Crippen LogP contribution in [-0.4, -0.2) is 59.1 Å². The van der Waals surface area contributed by atoms with Crippen molar-refractivity contribution >= 4 is 22.8 Å². The molecule has 179 valence electrons. The first-order valence-corrected chi connectivity index (χ1v) is 12.0. The Morgan fingerprint density at radius 3 is 2.43 bits per heavy atom. The highest BCUT2D eigenvalue weighted by Crippen LogP contribution is 2.36. The van der Waals surface area contributed by atoms with Crippen LogP contribution >= 0.6 is 0 Å². The molecule has 0 spiro atoms. The largest absolute Gasteiger partial charge is 0.384 e. The van der Waals surface area contributed by atoms with Crippen molar-refractivity contribution in [2.24, 2.45) is 0 Å². The van der Waals surface area contributed by atoms with Crippen molar-refractivity contribution in [1.29, 1.82) is 0 Å². The Hall–Kier alpha value is -3.71. The number of hydrogen-bond acceptors (Lipinski definition) is 5. The second-order valence-corrected chi connectivity index (χ2v) is 9.01. The Kier molecular flexibility index (Phi) is 6.51. The number of ether oxygens (including phenoxy) is 1. The molecule has 1 aliphatic rings. The van der Waals surface area contributed by atoms with Crippen molar-refractivity contribution in [1.82, 2.24) is 19.9 Å². The highest BCUT2D eigenvalue weighted by atomic mass is 16.5. The van der Waals surface area contributed by atoms with Crippen molar-refractivity contribution < 1.29 is 9.53 Å². The van der Waals surface area contributed by atoms with Gasteiger partial charge in [-0.1, -0.05) is 60.7 Å². The maximum atomic E-state index is 13.5. The topological polar surface area (TPSA) is 83.1 Å². The van der Waals surface area contributed by atoms with Gasteiger partial charge in [0, 0.05) is 37.7 Å². The van der Waals surface area contributed by atoms with E-state index in [1.165, 1.54) is 5.56 Å². The van der Waals surface area contributed by atoms with E-state index in [1.807, 2.05) is 47.4 Å². The summed E-state index contributed by atoms with van der Waals surface area (Å²) in [7, 11) is 1.74. The number of aromatic amines is 1. The number of methoxy groups -OCH3 is 1. The van der Waals surface area contributed by atoms with E-state index in [0.29, 0.717) is 49.2 Å². The number of nitrogens with zero attached hydrogens (tertiary/aromatic N) is 3. The van der Waals surface area contributed by atoms with Gasteiger partial charge in [-0.25, -0.2) is 9.97 Å². The molecule has 1 radical (unpaired) electrons. The van der Waals surface area contributed by atoms with E-state index < -0.39 is 0 Å². The van der Waals surface area contributed by atoms with E-state index in [-0.39, 0.29) is 11.3 Å².